The van der Waals surface area contributed by atoms with E-state index in [1.54, 1.807) is 0 Å². The minimum absolute atomic E-state index is 0.518. The van der Waals surface area contributed by atoms with Crippen LogP contribution in [0, 0.1) is 6.92 Å². The molecule has 0 atom stereocenters. The minimum atomic E-state index is 0.518. The van der Waals surface area contributed by atoms with Crippen molar-refractivity contribution < 1.29 is 4.52 Å². The van der Waals surface area contributed by atoms with E-state index in [2.05, 4.69) is 31.1 Å². The highest BCUT2D eigenvalue weighted by Gasteiger charge is 2.08. The van der Waals surface area contributed by atoms with Crippen molar-refractivity contribution in [3.05, 3.63) is 16.6 Å². The Labute approximate surface area is 70.8 Å². The molecule has 0 aliphatic rings. The summed E-state index contributed by atoms with van der Waals surface area (Å²) < 4.78 is 5.62. The van der Waals surface area contributed by atoms with Gasteiger partial charge in [0.15, 0.2) is 0 Å². The van der Waals surface area contributed by atoms with Crippen molar-refractivity contribution in [3.63, 3.8) is 0 Å². The van der Waals surface area contributed by atoms with Gasteiger partial charge < -0.3 is 4.52 Å². The number of hydrogen-bond donors (Lipinski definition) is 0. The lowest BCUT2D eigenvalue weighted by molar-refractivity contribution is 0.442. The summed E-state index contributed by atoms with van der Waals surface area (Å²) in [6, 6.07) is 0. The first kappa shape index (κ1) is 6.72. The molecule has 2 heterocycles. The largest absolute Gasteiger partial charge is 0.335 e. The number of aryl methyl sites for hydroxylation is 1. The molecule has 0 saturated heterocycles. The van der Waals surface area contributed by atoms with E-state index in [9.17, 15) is 0 Å². The van der Waals surface area contributed by atoms with E-state index in [1.165, 1.54) is 6.33 Å². The predicted molar refractivity (Wildman–Crippen MR) is 42.0 cm³/mol. The Morgan fingerprint density at radius 3 is 3.00 bits per heavy atom. The summed E-state index contributed by atoms with van der Waals surface area (Å²) in [5.41, 5.74) is 1.32. The van der Waals surface area contributed by atoms with Crippen LogP contribution in [0.25, 0.3) is 11.1 Å². The second-order valence-corrected chi connectivity index (χ2v) is 2.86. The van der Waals surface area contributed by atoms with Gasteiger partial charge in [0.05, 0.1) is 11.1 Å². The molecule has 2 rings (SSSR count). The lowest BCUT2D eigenvalue weighted by Gasteiger charge is -1.87. The van der Waals surface area contributed by atoms with Crippen LogP contribution in [0.3, 0.4) is 0 Å². The molecule has 0 fully saturated rings. The normalized spacial score (nSPS) is 10.7. The van der Waals surface area contributed by atoms with Crippen LogP contribution >= 0.6 is 15.9 Å². The van der Waals surface area contributed by atoms with E-state index in [-0.39, 0.29) is 0 Å². The topological polar surface area (TPSA) is 51.8 Å². The molecular formula is C6H4BrN3O. The van der Waals surface area contributed by atoms with Gasteiger partial charge >= 0.3 is 0 Å². The van der Waals surface area contributed by atoms with Crippen molar-refractivity contribution in [2.45, 2.75) is 6.92 Å². The molecule has 56 valence electrons. The monoisotopic (exact) mass is 213 g/mol. The van der Waals surface area contributed by atoms with Gasteiger partial charge in [0.1, 0.15) is 10.9 Å². The molecule has 11 heavy (non-hydrogen) atoms. The van der Waals surface area contributed by atoms with E-state index in [0.29, 0.717) is 5.71 Å². The summed E-state index contributed by atoms with van der Waals surface area (Å²) in [6.45, 7) is 1.85. The van der Waals surface area contributed by atoms with Crippen LogP contribution in [0.1, 0.15) is 5.69 Å². The van der Waals surface area contributed by atoms with Crippen LogP contribution in [0.4, 0.5) is 0 Å². The first-order valence-corrected chi connectivity index (χ1v) is 3.81. The zero-order chi connectivity index (χ0) is 7.84. The Balaban J connectivity index is 2.96. The Kier molecular flexibility index (Phi) is 1.38. The number of fused-ring (bicyclic) bond motifs is 1. The highest BCUT2D eigenvalue weighted by Crippen LogP contribution is 2.21. The van der Waals surface area contributed by atoms with Gasteiger partial charge in [0.2, 0.25) is 0 Å². The van der Waals surface area contributed by atoms with Gasteiger partial charge in [0, 0.05) is 0 Å². The number of nitrogens with zero attached hydrogens (tertiary/aromatic N) is 3. The number of hydrogen-bond acceptors (Lipinski definition) is 4. The third-order valence-corrected chi connectivity index (χ3v) is 2.00. The maximum Gasteiger partial charge on any atom is 0.262 e. The fourth-order valence-corrected chi connectivity index (χ4v) is 1.43. The van der Waals surface area contributed by atoms with E-state index >= 15 is 0 Å². The second kappa shape index (κ2) is 2.27. The highest BCUT2D eigenvalue weighted by atomic mass is 79.9. The number of aromatic nitrogens is 3. The lowest BCUT2D eigenvalue weighted by Crippen LogP contribution is -1.80. The van der Waals surface area contributed by atoms with E-state index < -0.39 is 0 Å². The van der Waals surface area contributed by atoms with Gasteiger partial charge in [0.25, 0.3) is 5.71 Å². The van der Waals surface area contributed by atoms with Crippen LogP contribution in [0.5, 0.6) is 0 Å². The Bertz CT molecular complexity index is 398. The summed E-state index contributed by atoms with van der Waals surface area (Å²) in [7, 11) is 0. The molecule has 0 aromatic carbocycles. The maximum absolute atomic E-state index is 4.90. The average Bonchev–Trinajstić information content (AvgIpc) is 2.34. The SMILES string of the molecule is Cc1noc2ncnc(Br)c12. The molecular weight excluding hydrogens is 210 g/mol. The molecule has 0 unspecified atom stereocenters. The summed E-state index contributed by atoms with van der Waals surface area (Å²) in [5.74, 6) is 0. The van der Waals surface area contributed by atoms with Crippen molar-refractivity contribution in [2.24, 2.45) is 0 Å². The Morgan fingerprint density at radius 1 is 1.45 bits per heavy atom. The average molecular weight is 214 g/mol. The molecule has 0 saturated carbocycles. The van der Waals surface area contributed by atoms with Crippen molar-refractivity contribution >= 4 is 27.0 Å². The Morgan fingerprint density at radius 2 is 2.27 bits per heavy atom. The summed E-state index contributed by atoms with van der Waals surface area (Å²) in [6.07, 6.45) is 1.43. The molecule has 0 N–H and O–H groups in total. The van der Waals surface area contributed by atoms with E-state index in [0.717, 1.165) is 15.7 Å². The molecule has 0 amide bonds. The molecule has 0 spiro atoms. The smallest absolute Gasteiger partial charge is 0.262 e. The molecule has 0 aliphatic carbocycles. The number of rotatable bonds is 0. The number of halogens is 1. The summed E-state index contributed by atoms with van der Waals surface area (Å²) in [4.78, 5) is 7.84. The zero-order valence-electron chi connectivity index (χ0n) is 5.71. The fraction of sp³-hybridized carbons (Fsp3) is 0.167. The van der Waals surface area contributed by atoms with E-state index in [4.69, 9.17) is 4.52 Å². The predicted octanol–water partition coefficient (Wildman–Crippen LogP) is 1.69. The summed E-state index contributed by atoms with van der Waals surface area (Å²) in [5, 5.41) is 4.59. The van der Waals surface area contributed by atoms with Crippen molar-refractivity contribution in [2.75, 3.05) is 0 Å². The van der Waals surface area contributed by atoms with Crippen molar-refractivity contribution in [3.8, 4) is 0 Å². The third kappa shape index (κ3) is 0.920. The maximum atomic E-state index is 4.90. The molecule has 0 bridgehead atoms. The first-order valence-electron chi connectivity index (χ1n) is 3.01. The third-order valence-electron chi connectivity index (χ3n) is 1.40. The molecule has 2 aromatic heterocycles. The zero-order valence-corrected chi connectivity index (χ0v) is 7.29. The van der Waals surface area contributed by atoms with Crippen molar-refractivity contribution in [1.82, 2.24) is 15.1 Å². The molecule has 4 nitrogen and oxygen atoms in total. The fourth-order valence-electron chi connectivity index (χ4n) is 0.880. The molecule has 5 heteroatoms. The van der Waals surface area contributed by atoms with E-state index in [1.807, 2.05) is 6.92 Å². The quantitative estimate of drug-likeness (QED) is 0.626. The highest BCUT2D eigenvalue weighted by molar-refractivity contribution is 9.10. The summed E-state index contributed by atoms with van der Waals surface area (Å²) >= 11 is 3.28. The molecule has 0 aliphatic heterocycles. The standard InChI is InChI=1S/C6H4BrN3O/c1-3-4-5(7)8-2-9-6(4)11-10-3/h2H,1H3. The lowest BCUT2D eigenvalue weighted by atomic mass is 10.3. The Hall–Kier alpha value is -0.970. The first-order chi connectivity index (χ1) is 5.29. The minimum Gasteiger partial charge on any atom is -0.335 e. The van der Waals surface area contributed by atoms with Crippen LogP contribution < -0.4 is 0 Å². The van der Waals surface area contributed by atoms with Crippen molar-refractivity contribution in [1.29, 1.82) is 0 Å². The van der Waals surface area contributed by atoms with Gasteiger partial charge in [-0.05, 0) is 22.9 Å². The van der Waals surface area contributed by atoms with Gasteiger partial charge in [-0.2, -0.15) is 4.98 Å². The second-order valence-electron chi connectivity index (χ2n) is 2.11. The molecule has 0 radical (unpaired) electrons. The van der Waals surface area contributed by atoms with Gasteiger partial charge in [-0.15, -0.1) is 0 Å². The van der Waals surface area contributed by atoms with Gasteiger partial charge in [-0.25, -0.2) is 4.98 Å². The van der Waals surface area contributed by atoms with Gasteiger partial charge in [-0.1, -0.05) is 5.16 Å². The van der Waals surface area contributed by atoms with Gasteiger partial charge in [-0.3, -0.25) is 0 Å². The van der Waals surface area contributed by atoms with Crippen LogP contribution in [-0.2, 0) is 0 Å². The van der Waals surface area contributed by atoms with Crippen LogP contribution in [-0.4, -0.2) is 15.1 Å². The van der Waals surface area contributed by atoms with Crippen LogP contribution in [0.15, 0.2) is 15.5 Å². The van der Waals surface area contributed by atoms with Crippen LogP contribution in [0.2, 0.25) is 0 Å². The molecule has 2 aromatic rings.